The molecule has 152 valence electrons. The van der Waals surface area contributed by atoms with Crippen LogP contribution in [0.5, 0.6) is 5.75 Å². The van der Waals surface area contributed by atoms with Gasteiger partial charge < -0.3 is 9.30 Å². The second kappa shape index (κ2) is 9.56. The number of nitrogens with one attached hydrogen (secondary N) is 2. The highest BCUT2D eigenvalue weighted by Crippen LogP contribution is 2.18. The monoisotopic (exact) mass is 458 g/mol. The summed E-state index contributed by atoms with van der Waals surface area (Å²) in [6.07, 6.45) is 0.779. The third-order valence-electron chi connectivity index (χ3n) is 4.45. The first kappa shape index (κ1) is 20.9. The van der Waals surface area contributed by atoms with Gasteiger partial charge in [-0.15, -0.1) is 0 Å². The number of hydrogen-bond acceptors (Lipinski definition) is 4. The number of amides is 2. The molecule has 2 aromatic carbocycles. The first-order valence-corrected chi connectivity index (χ1v) is 10.2. The van der Waals surface area contributed by atoms with Crippen LogP contribution in [-0.2, 0) is 11.3 Å². The maximum atomic E-state index is 12.3. The predicted molar refractivity (Wildman–Crippen MR) is 115 cm³/mol. The van der Waals surface area contributed by atoms with Crippen molar-refractivity contribution in [3.63, 3.8) is 0 Å². The van der Waals surface area contributed by atoms with Crippen LogP contribution in [0, 0.1) is 6.92 Å². The van der Waals surface area contributed by atoms with E-state index in [2.05, 4.69) is 36.3 Å². The molecule has 7 nitrogen and oxygen atoms in total. The van der Waals surface area contributed by atoms with Crippen LogP contribution in [-0.4, -0.2) is 28.0 Å². The molecule has 2 N–H and O–H groups in total. The van der Waals surface area contributed by atoms with Gasteiger partial charge in [-0.2, -0.15) is 0 Å². The second-order valence-corrected chi connectivity index (χ2v) is 7.43. The van der Waals surface area contributed by atoms with Crippen LogP contribution in [0.25, 0.3) is 11.0 Å². The van der Waals surface area contributed by atoms with Gasteiger partial charge in [-0.1, -0.05) is 22.0 Å². The molecule has 0 unspecified atom stereocenters. The van der Waals surface area contributed by atoms with Crippen LogP contribution >= 0.6 is 15.9 Å². The van der Waals surface area contributed by atoms with Gasteiger partial charge >= 0.3 is 0 Å². The third-order valence-corrected chi connectivity index (χ3v) is 4.94. The van der Waals surface area contributed by atoms with E-state index in [4.69, 9.17) is 4.74 Å². The van der Waals surface area contributed by atoms with E-state index in [-0.39, 0.29) is 18.2 Å². The van der Waals surface area contributed by atoms with Crippen molar-refractivity contribution in [3.05, 3.63) is 58.3 Å². The van der Waals surface area contributed by atoms with E-state index in [9.17, 15) is 9.59 Å². The quantitative estimate of drug-likeness (QED) is 0.417. The molecule has 0 fully saturated rings. The van der Waals surface area contributed by atoms with Gasteiger partial charge in [0.05, 0.1) is 17.6 Å². The fourth-order valence-corrected chi connectivity index (χ4v) is 3.41. The average Bonchev–Trinajstić information content (AvgIpc) is 3.03. The summed E-state index contributed by atoms with van der Waals surface area (Å²) in [6, 6.07) is 12.8. The molecule has 3 rings (SSSR count). The Bertz CT molecular complexity index is 1030. The SMILES string of the molecule is CCn1c(C)nc2cc(C(=O)NNC(=O)CCCOc3cccc(Br)c3)ccc21. The molecule has 0 atom stereocenters. The van der Waals surface area contributed by atoms with E-state index < -0.39 is 0 Å². The predicted octanol–water partition coefficient (Wildman–Crippen LogP) is 3.75. The smallest absolute Gasteiger partial charge is 0.269 e. The number of aryl methyl sites for hydroxylation is 2. The van der Waals surface area contributed by atoms with E-state index in [1.165, 1.54) is 0 Å². The molecular formula is C21H23BrN4O3. The zero-order valence-corrected chi connectivity index (χ0v) is 18.0. The Morgan fingerprint density at radius 1 is 1.17 bits per heavy atom. The molecule has 29 heavy (non-hydrogen) atoms. The zero-order valence-electron chi connectivity index (χ0n) is 16.4. The molecule has 2 amide bonds. The highest BCUT2D eigenvalue weighted by Gasteiger charge is 2.11. The highest BCUT2D eigenvalue weighted by atomic mass is 79.9. The molecule has 0 aliphatic heterocycles. The topological polar surface area (TPSA) is 85.3 Å². The molecule has 0 aliphatic carbocycles. The number of ether oxygens (including phenoxy) is 1. The number of carbonyl (C=O) groups excluding carboxylic acids is 2. The molecule has 0 spiro atoms. The molecular weight excluding hydrogens is 436 g/mol. The Morgan fingerprint density at radius 2 is 2.00 bits per heavy atom. The summed E-state index contributed by atoms with van der Waals surface area (Å²) < 4.78 is 8.60. The Hall–Kier alpha value is -2.87. The van der Waals surface area contributed by atoms with Gasteiger partial charge in [0.15, 0.2) is 0 Å². The van der Waals surface area contributed by atoms with Crippen molar-refractivity contribution in [2.75, 3.05) is 6.61 Å². The number of hydrogen-bond donors (Lipinski definition) is 2. The summed E-state index contributed by atoms with van der Waals surface area (Å²) >= 11 is 3.38. The van der Waals surface area contributed by atoms with E-state index in [1.54, 1.807) is 12.1 Å². The highest BCUT2D eigenvalue weighted by molar-refractivity contribution is 9.10. The largest absolute Gasteiger partial charge is 0.494 e. The summed E-state index contributed by atoms with van der Waals surface area (Å²) in [5, 5.41) is 0. The van der Waals surface area contributed by atoms with Crippen LogP contribution in [0.1, 0.15) is 35.9 Å². The molecule has 0 radical (unpaired) electrons. The van der Waals surface area contributed by atoms with Crippen molar-refractivity contribution in [3.8, 4) is 5.75 Å². The summed E-state index contributed by atoms with van der Waals surface area (Å²) in [5.41, 5.74) is 7.06. The lowest BCUT2D eigenvalue weighted by Crippen LogP contribution is -2.41. The number of aromatic nitrogens is 2. The number of halogens is 1. The molecule has 0 bridgehead atoms. The lowest BCUT2D eigenvalue weighted by atomic mass is 10.2. The van der Waals surface area contributed by atoms with Crippen LogP contribution < -0.4 is 15.6 Å². The van der Waals surface area contributed by atoms with Crippen molar-refractivity contribution in [1.29, 1.82) is 0 Å². The van der Waals surface area contributed by atoms with E-state index in [0.717, 1.165) is 33.6 Å². The molecule has 1 heterocycles. The number of fused-ring (bicyclic) bond motifs is 1. The molecule has 0 saturated heterocycles. The minimum Gasteiger partial charge on any atom is -0.494 e. The number of benzene rings is 2. The van der Waals surface area contributed by atoms with Crippen LogP contribution in [0.3, 0.4) is 0 Å². The minimum atomic E-state index is -0.380. The lowest BCUT2D eigenvalue weighted by Gasteiger charge is -2.09. The van der Waals surface area contributed by atoms with Gasteiger partial charge in [0, 0.05) is 23.0 Å². The third kappa shape index (κ3) is 5.35. The number of carbonyl (C=O) groups is 2. The van der Waals surface area contributed by atoms with Crippen molar-refractivity contribution in [2.45, 2.75) is 33.2 Å². The van der Waals surface area contributed by atoms with Crippen molar-refractivity contribution >= 4 is 38.8 Å². The molecule has 8 heteroatoms. The fourth-order valence-electron chi connectivity index (χ4n) is 3.03. The van der Waals surface area contributed by atoms with E-state index in [1.807, 2.05) is 44.2 Å². The Kier molecular flexibility index (Phi) is 6.87. The van der Waals surface area contributed by atoms with Crippen molar-refractivity contribution in [2.24, 2.45) is 0 Å². The summed E-state index contributed by atoms with van der Waals surface area (Å²) in [7, 11) is 0. The maximum absolute atomic E-state index is 12.3. The number of nitrogens with zero attached hydrogens (tertiary/aromatic N) is 2. The van der Waals surface area contributed by atoms with Crippen molar-refractivity contribution < 1.29 is 14.3 Å². The maximum Gasteiger partial charge on any atom is 0.269 e. The van der Waals surface area contributed by atoms with Gasteiger partial charge in [-0.05, 0) is 56.7 Å². The van der Waals surface area contributed by atoms with E-state index >= 15 is 0 Å². The summed E-state index contributed by atoms with van der Waals surface area (Å²) in [6.45, 7) is 5.21. The molecule has 1 aromatic heterocycles. The van der Waals surface area contributed by atoms with Gasteiger partial charge in [0.1, 0.15) is 11.6 Å². The standard InChI is InChI=1S/C21H23BrN4O3/c1-3-26-14(2)23-18-12-15(9-10-19(18)26)21(28)25-24-20(27)8-5-11-29-17-7-4-6-16(22)13-17/h4,6-7,9-10,12-13H,3,5,8,11H2,1-2H3,(H,24,27)(H,25,28). The van der Waals surface area contributed by atoms with Gasteiger partial charge in [-0.25, -0.2) is 4.98 Å². The van der Waals surface area contributed by atoms with Crippen LogP contribution in [0.2, 0.25) is 0 Å². The van der Waals surface area contributed by atoms with Crippen LogP contribution in [0.4, 0.5) is 0 Å². The number of hydrazine groups is 1. The fraction of sp³-hybridized carbons (Fsp3) is 0.286. The summed E-state index contributed by atoms with van der Waals surface area (Å²) in [4.78, 5) is 28.7. The first-order valence-electron chi connectivity index (χ1n) is 9.42. The van der Waals surface area contributed by atoms with Crippen molar-refractivity contribution in [1.82, 2.24) is 20.4 Å². The second-order valence-electron chi connectivity index (χ2n) is 6.52. The Morgan fingerprint density at radius 3 is 2.76 bits per heavy atom. The Balaban J connectivity index is 1.45. The van der Waals surface area contributed by atoms with E-state index in [0.29, 0.717) is 18.6 Å². The number of rotatable bonds is 7. The Labute approximate surface area is 177 Å². The van der Waals surface area contributed by atoms with Crippen LogP contribution in [0.15, 0.2) is 46.9 Å². The lowest BCUT2D eigenvalue weighted by molar-refractivity contribution is -0.122. The van der Waals surface area contributed by atoms with Gasteiger partial charge in [-0.3, -0.25) is 20.4 Å². The summed E-state index contributed by atoms with van der Waals surface area (Å²) in [5.74, 6) is 0.986. The number of imidazole rings is 1. The zero-order chi connectivity index (χ0) is 20.8. The molecule has 3 aromatic rings. The van der Waals surface area contributed by atoms with Gasteiger partial charge in [0.25, 0.3) is 5.91 Å². The average molecular weight is 459 g/mol. The molecule has 0 saturated carbocycles. The first-order chi connectivity index (χ1) is 14.0. The normalized spacial score (nSPS) is 10.7. The van der Waals surface area contributed by atoms with Gasteiger partial charge in [0.2, 0.25) is 5.91 Å². The molecule has 0 aliphatic rings. The minimum absolute atomic E-state index is 0.243.